The first-order valence-electron chi connectivity index (χ1n) is 9.58. The van der Waals surface area contributed by atoms with Crippen molar-refractivity contribution < 1.29 is 14.3 Å². The zero-order chi connectivity index (χ0) is 18.5. The van der Waals surface area contributed by atoms with E-state index in [2.05, 4.69) is 20.8 Å². The largest absolute Gasteiger partial charge is 0.490 e. The van der Waals surface area contributed by atoms with Crippen LogP contribution in [0.4, 0.5) is 0 Å². The summed E-state index contributed by atoms with van der Waals surface area (Å²) in [4.78, 5) is 17.5. The fourth-order valence-corrected chi connectivity index (χ4v) is 4.00. The topological polar surface area (TPSA) is 42.0 Å². The van der Waals surface area contributed by atoms with E-state index in [1.54, 1.807) is 0 Å². The van der Waals surface area contributed by atoms with Gasteiger partial charge in [-0.25, -0.2) is 0 Å². The first-order chi connectivity index (χ1) is 12.5. The Labute approximate surface area is 164 Å². The molecule has 0 saturated carbocycles. The SMILES string of the molecule is CC(C)Oc1cc(Br)ccc1C(=O)N1CCC(CN2CCOCC2)CC1. The second-order valence-electron chi connectivity index (χ2n) is 7.46. The molecule has 0 spiro atoms. The predicted molar refractivity (Wildman–Crippen MR) is 106 cm³/mol. The quantitative estimate of drug-likeness (QED) is 0.725. The molecule has 2 fully saturated rings. The van der Waals surface area contributed by atoms with E-state index in [1.165, 1.54) is 0 Å². The Kier molecular flexibility index (Phi) is 6.95. The Morgan fingerprint density at radius 3 is 2.58 bits per heavy atom. The van der Waals surface area contributed by atoms with Gasteiger partial charge in [0.25, 0.3) is 5.91 Å². The van der Waals surface area contributed by atoms with Gasteiger partial charge in [-0.1, -0.05) is 15.9 Å². The van der Waals surface area contributed by atoms with Gasteiger partial charge < -0.3 is 14.4 Å². The summed E-state index contributed by atoms with van der Waals surface area (Å²) in [6, 6.07) is 5.66. The van der Waals surface area contributed by atoms with Gasteiger partial charge in [-0.15, -0.1) is 0 Å². The van der Waals surface area contributed by atoms with Crippen LogP contribution in [0.3, 0.4) is 0 Å². The number of hydrogen-bond donors (Lipinski definition) is 0. The molecule has 0 aromatic heterocycles. The number of hydrogen-bond acceptors (Lipinski definition) is 4. The molecular formula is C20H29BrN2O3. The van der Waals surface area contributed by atoms with Crippen molar-refractivity contribution in [3.8, 4) is 5.75 Å². The predicted octanol–water partition coefficient (Wildman–Crippen LogP) is 3.42. The van der Waals surface area contributed by atoms with Crippen molar-refractivity contribution in [1.82, 2.24) is 9.80 Å². The third-order valence-electron chi connectivity index (χ3n) is 5.06. The Morgan fingerprint density at radius 2 is 1.92 bits per heavy atom. The molecule has 3 rings (SSSR count). The lowest BCUT2D eigenvalue weighted by molar-refractivity contribution is 0.0242. The fraction of sp³-hybridized carbons (Fsp3) is 0.650. The normalized spacial score (nSPS) is 19.8. The van der Waals surface area contributed by atoms with Gasteiger partial charge >= 0.3 is 0 Å². The van der Waals surface area contributed by atoms with E-state index in [4.69, 9.17) is 9.47 Å². The number of ether oxygens (including phenoxy) is 2. The maximum absolute atomic E-state index is 13.0. The van der Waals surface area contributed by atoms with Crippen LogP contribution in [0.2, 0.25) is 0 Å². The molecule has 6 heteroatoms. The average Bonchev–Trinajstić information content (AvgIpc) is 2.62. The van der Waals surface area contributed by atoms with Gasteiger partial charge in [0.2, 0.25) is 0 Å². The Bertz CT molecular complexity index is 609. The van der Waals surface area contributed by atoms with Crippen molar-refractivity contribution in [1.29, 1.82) is 0 Å². The smallest absolute Gasteiger partial charge is 0.257 e. The summed E-state index contributed by atoms with van der Waals surface area (Å²) in [5.74, 6) is 1.42. The minimum absolute atomic E-state index is 0.0371. The summed E-state index contributed by atoms with van der Waals surface area (Å²) in [6.45, 7) is 10.5. The molecule has 26 heavy (non-hydrogen) atoms. The average molecular weight is 425 g/mol. The molecule has 1 amide bonds. The molecular weight excluding hydrogens is 396 g/mol. The zero-order valence-corrected chi connectivity index (χ0v) is 17.3. The van der Waals surface area contributed by atoms with Crippen molar-refractivity contribution in [2.24, 2.45) is 5.92 Å². The highest BCUT2D eigenvalue weighted by molar-refractivity contribution is 9.10. The summed E-state index contributed by atoms with van der Waals surface area (Å²) < 4.78 is 12.2. The monoisotopic (exact) mass is 424 g/mol. The molecule has 2 heterocycles. The van der Waals surface area contributed by atoms with Gasteiger partial charge in [0.15, 0.2) is 0 Å². The Balaban J connectivity index is 1.58. The maximum atomic E-state index is 13.0. The summed E-state index contributed by atoms with van der Waals surface area (Å²) in [7, 11) is 0. The highest BCUT2D eigenvalue weighted by Crippen LogP contribution is 2.28. The molecule has 1 aromatic carbocycles. The second-order valence-corrected chi connectivity index (χ2v) is 8.37. The van der Waals surface area contributed by atoms with E-state index in [0.29, 0.717) is 17.2 Å². The van der Waals surface area contributed by atoms with Gasteiger partial charge in [-0.3, -0.25) is 9.69 Å². The van der Waals surface area contributed by atoms with Gasteiger partial charge in [0.1, 0.15) is 5.75 Å². The van der Waals surface area contributed by atoms with Gasteiger partial charge in [-0.05, 0) is 50.8 Å². The van der Waals surface area contributed by atoms with E-state index in [1.807, 2.05) is 36.9 Å². The number of amides is 1. The van der Waals surface area contributed by atoms with Crippen molar-refractivity contribution in [3.05, 3.63) is 28.2 Å². The van der Waals surface area contributed by atoms with Crippen LogP contribution >= 0.6 is 15.9 Å². The van der Waals surface area contributed by atoms with Crippen LogP contribution in [0.25, 0.3) is 0 Å². The first kappa shape index (κ1) is 19.6. The zero-order valence-electron chi connectivity index (χ0n) is 15.7. The molecule has 0 atom stereocenters. The number of carbonyl (C=O) groups excluding carboxylic acids is 1. The van der Waals surface area contributed by atoms with Crippen LogP contribution in [-0.4, -0.2) is 67.7 Å². The summed E-state index contributed by atoms with van der Waals surface area (Å²) in [5.41, 5.74) is 0.661. The molecule has 0 N–H and O–H groups in total. The number of carbonyl (C=O) groups is 1. The second kappa shape index (κ2) is 9.20. The lowest BCUT2D eigenvalue weighted by Gasteiger charge is -2.36. The van der Waals surface area contributed by atoms with Gasteiger partial charge in [0.05, 0.1) is 24.9 Å². The van der Waals surface area contributed by atoms with Crippen LogP contribution < -0.4 is 4.74 Å². The minimum Gasteiger partial charge on any atom is -0.490 e. The third-order valence-corrected chi connectivity index (χ3v) is 5.55. The third kappa shape index (κ3) is 5.21. The number of morpholine rings is 1. The number of halogens is 1. The van der Waals surface area contributed by atoms with Crippen molar-refractivity contribution in [2.75, 3.05) is 45.9 Å². The lowest BCUT2D eigenvalue weighted by Crippen LogP contribution is -2.44. The van der Waals surface area contributed by atoms with Crippen LogP contribution in [0.1, 0.15) is 37.0 Å². The van der Waals surface area contributed by atoms with Crippen LogP contribution in [0.5, 0.6) is 5.75 Å². The molecule has 144 valence electrons. The summed E-state index contributed by atoms with van der Waals surface area (Å²) in [5, 5.41) is 0. The minimum atomic E-state index is 0.0371. The highest BCUT2D eigenvalue weighted by Gasteiger charge is 2.27. The van der Waals surface area contributed by atoms with Crippen molar-refractivity contribution in [3.63, 3.8) is 0 Å². The molecule has 0 unspecified atom stereocenters. The maximum Gasteiger partial charge on any atom is 0.257 e. The standard InChI is InChI=1S/C20H29BrN2O3/c1-15(2)26-19-13-17(21)3-4-18(19)20(24)23-7-5-16(6-8-23)14-22-9-11-25-12-10-22/h3-4,13,15-16H,5-12,14H2,1-2H3. The molecule has 2 aliphatic rings. The van der Waals surface area contributed by atoms with E-state index >= 15 is 0 Å². The number of benzene rings is 1. The van der Waals surface area contributed by atoms with E-state index < -0.39 is 0 Å². The summed E-state index contributed by atoms with van der Waals surface area (Å²) in [6.07, 6.45) is 2.18. The molecule has 2 aliphatic heterocycles. The molecule has 0 radical (unpaired) electrons. The van der Waals surface area contributed by atoms with Crippen LogP contribution in [-0.2, 0) is 4.74 Å². The van der Waals surface area contributed by atoms with Crippen molar-refractivity contribution >= 4 is 21.8 Å². The number of rotatable bonds is 5. The molecule has 0 aliphatic carbocycles. The Hall–Kier alpha value is -1.11. The molecule has 1 aromatic rings. The van der Waals surface area contributed by atoms with E-state index in [0.717, 1.165) is 63.3 Å². The number of piperidine rings is 1. The van der Waals surface area contributed by atoms with E-state index in [-0.39, 0.29) is 12.0 Å². The van der Waals surface area contributed by atoms with E-state index in [9.17, 15) is 4.79 Å². The summed E-state index contributed by atoms with van der Waals surface area (Å²) >= 11 is 3.47. The van der Waals surface area contributed by atoms with Crippen molar-refractivity contribution in [2.45, 2.75) is 32.8 Å². The molecule has 2 saturated heterocycles. The molecule has 0 bridgehead atoms. The fourth-order valence-electron chi connectivity index (χ4n) is 3.66. The first-order valence-corrected chi connectivity index (χ1v) is 10.4. The number of likely N-dealkylation sites (tertiary alicyclic amines) is 1. The van der Waals surface area contributed by atoms with Gasteiger partial charge in [0, 0.05) is 37.2 Å². The lowest BCUT2D eigenvalue weighted by atomic mass is 9.95. The Morgan fingerprint density at radius 1 is 1.23 bits per heavy atom. The van der Waals surface area contributed by atoms with Gasteiger partial charge in [-0.2, -0.15) is 0 Å². The highest BCUT2D eigenvalue weighted by atomic mass is 79.9. The van der Waals surface area contributed by atoms with Crippen LogP contribution in [0, 0.1) is 5.92 Å². The molecule has 5 nitrogen and oxygen atoms in total. The number of nitrogens with zero attached hydrogens (tertiary/aromatic N) is 2. The van der Waals surface area contributed by atoms with Crippen LogP contribution in [0.15, 0.2) is 22.7 Å².